The Balaban J connectivity index is 2.71. The number of hydrogen-bond acceptors (Lipinski definition) is 2. The van der Waals surface area contributed by atoms with Crippen molar-refractivity contribution in [3.63, 3.8) is 0 Å². The van der Waals surface area contributed by atoms with Crippen LogP contribution in [-0.2, 0) is 6.54 Å². The number of rotatable bonds is 6. The molecule has 0 aliphatic heterocycles. The smallest absolute Gasteiger partial charge is 0.130 e. The van der Waals surface area contributed by atoms with Gasteiger partial charge in [0, 0.05) is 37.8 Å². The standard InChI is InChI=1S/C13H20F2N2/c1-10(2)8-17(6-5-16)9-11-3-4-12(14)7-13(11)15/h3-4,7,10H,5-6,8-9,16H2,1-2H3. The molecule has 1 aromatic carbocycles. The summed E-state index contributed by atoms with van der Waals surface area (Å²) in [5.74, 6) is -0.540. The molecule has 0 bridgehead atoms. The van der Waals surface area contributed by atoms with Gasteiger partial charge in [-0.1, -0.05) is 19.9 Å². The van der Waals surface area contributed by atoms with Gasteiger partial charge in [0.1, 0.15) is 11.6 Å². The van der Waals surface area contributed by atoms with Gasteiger partial charge in [-0.15, -0.1) is 0 Å². The first-order valence-corrected chi connectivity index (χ1v) is 5.89. The lowest BCUT2D eigenvalue weighted by Crippen LogP contribution is -2.32. The Bertz CT molecular complexity index is 353. The van der Waals surface area contributed by atoms with E-state index in [2.05, 4.69) is 18.7 Å². The average molecular weight is 242 g/mol. The maximum atomic E-state index is 13.5. The minimum Gasteiger partial charge on any atom is -0.329 e. The fraction of sp³-hybridized carbons (Fsp3) is 0.538. The topological polar surface area (TPSA) is 29.3 Å². The van der Waals surface area contributed by atoms with E-state index in [1.165, 1.54) is 12.1 Å². The molecule has 0 spiro atoms. The monoisotopic (exact) mass is 242 g/mol. The van der Waals surface area contributed by atoms with Crippen LogP contribution in [0.1, 0.15) is 19.4 Å². The normalized spacial score (nSPS) is 11.5. The minimum atomic E-state index is -0.541. The fourth-order valence-electron chi connectivity index (χ4n) is 1.82. The van der Waals surface area contributed by atoms with Crippen molar-refractivity contribution < 1.29 is 8.78 Å². The van der Waals surface area contributed by atoms with Crippen LogP contribution >= 0.6 is 0 Å². The van der Waals surface area contributed by atoms with Gasteiger partial charge < -0.3 is 5.73 Å². The van der Waals surface area contributed by atoms with Crippen molar-refractivity contribution in [3.05, 3.63) is 35.4 Å². The van der Waals surface area contributed by atoms with Gasteiger partial charge in [-0.3, -0.25) is 4.90 Å². The third kappa shape index (κ3) is 4.79. The molecule has 0 saturated carbocycles. The molecule has 0 aromatic heterocycles. The highest BCUT2D eigenvalue weighted by Crippen LogP contribution is 2.13. The number of halogens is 2. The van der Waals surface area contributed by atoms with E-state index in [1.807, 2.05) is 0 Å². The summed E-state index contributed by atoms with van der Waals surface area (Å²) in [6.07, 6.45) is 0. The van der Waals surface area contributed by atoms with Crippen molar-refractivity contribution in [1.82, 2.24) is 4.90 Å². The molecule has 0 fully saturated rings. The van der Waals surface area contributed by atoms with Gasteiger partial charge >= 0.3 is 0 Å². The largest absolute Gasteiger partial charge is 0.329 e. The van der Waals surface area contributed by atoms with Crippen LogP contribution < -0.4 is 5.73 Å². The first-order chi connectivity index (χ1) is 8.02. The molecular formula is C13H20F2N2. The lowest BCUT2D eigenvalue weighted by atomic mass is 10.1. The zero-order valence-corrected chi connectivity index (χ0v) is 10.4. The maximum absolute atomic E-state index is 13.5. The zero-order valence-electron chi connectivity index (χ0n) is 10.4. The second-order valence-electron chi connectivity index (χ2n) is 4.65. The van der Waals surface area contributed by atoms with Crippen LogP contribution in [0.25, 0.3) is 0 Å². The number of benzene rings is 1. The Kier molecular flexibility index (Phi) is 5.51. The van der Waals surface area contributed by atoms with E-state index in [0.29, 0.717) is 24.6 Å². The molecule has 17 heavy (non-hydrogen) atoms. The van der Waals surface area contributed by atoms with Crippen molar-refractivity contribution >= 4 is 0 Å². The number of hydrogen-bond donors (Lipinski definition) is 1. The van der Waals surface area contributed by atoms with Crippen molar-refractivity contribution in [3.8, 4) is 0 Å². The van der Waals surface area contributed by atoms with E-state index < -0.39 is 11.6 Å². The second-order valence-corrected chi connectivity index (χ2v) is 4.65. The second kappa shape index (κ2) is 6.67. The summed E-state index contributed by atoms with van der Waals surface area (Å²) in [6.45, 7) is 6.79. The minimum absolute atomic E-state index is 0.474. The van der Waals surface area contributed by atoms with Gasteiger partial charge in [0.05, 0.1) is 0 Å². The summed E-state index contributed by atoms with van der Waals surface area (Å²) in [5, 5.41) is 0. The molecule has 4 heteroatoms. The van der Waals surface area contributed by atoms with E-state index in [1.54, 1.807) is 0 Å². The van der Waals surface area contributed by atoms with Crippen molar-refractivity contribution in [2.75, 3.05) is 19.6 Å². The summed E-state index contributed by atoms with van der Waals surface area (Å²) in [7, 11) is 0. The van der Waals surface area contributed by atoms with E-state index >= 15 is 0 Å². The van der Waals surface area contributed by atoms with Gasteiger partial charge in [0.15, 0.2) is 0 Å². The van der Waals surface area contributed by atoms with E-state index in [4.69, 9.17) is 5.73 Å². The first kappa shape index (κ1) is 14.1. The fourth-order valence-corrected chi connectivity index (χ4v) is 1.82. The Morgan fingerprint density at radius 3 is 2.53 bits per heavy atom. The lowest BCUT2D eigenvalue weighted by molar-refractivity contribution is 0.239. The summed E-state index contributed by atoms with van der Waals surface area (Å²) >= 11 is 0. The number of nitrogens with zero attached hydrogens (tertiary/aromatic N) is 1. The Morgan fingerprint density at radius 1 is 1.29 bits per heavy atom. The Hall–Kier alpha value is -1.00. The predicted octanol–water partition coefficient (Wildman–Crippen LogP) is 2.38. The summed E-state index contributed by atoms with van der Waals surface area (Å²) in [6, 6.07) is 3.70. The van der Waals surface area contributed by atoms with Gasteiger partial charge in [-0.05, 0) is 12.0 Å². The number of nitrogens with two attached hydrogens (primary N) is 1. The quantitative estimate of drug-likeness (QED) is 0.830. The predicted molar refractivity (Wildman–Crippen MR) is 65.5 cm³/mol. The summed E-state index contributed by atoms with van der Waals surface area (Å²) in [4.78, 5) is 2.08. The van der Waals surface area contributed by atoms with Gasteiger partial charge in [-0.25, -0.2) is 8.78 Å². The third-order valence-corrected chi connectivity index (χ3v) is 2.48. The van der Waals surface area contributed by atoms with Crippen molar-refractivity contribution in [1.29, 1.82) is 0 Å². The summed E-state index contributed by atoms with van der Waals surface area (Å²) in [5.41, 5.74) is 6.04. The molecule has 0 aliphatic rings. The molecule has 0 aliphatic carbocycles. The van der Waals surface area contributed by atoms with Crippen LogP contribution in [0.2, 0.25) is 0 Å². The molecule has 1 rings (SSSR count). The molecule has 0 heterocycles. The lowest BCUT2D eigenvalue weighted by Gasteiger charge is -2.23. The maximum Gasteiger partial charge on any atom is 0.130 e. The molecule has 0 atom stereocenters. The van der Waals surface area contributed by atoms with Crippen LogP contribution in [0.5, 0.6) is 0 Å². The molecule has 0 saturated heterocycles. The molecule has 1 aromatic rings. The Labute approximate surface area is 101 Å². The van der Waals surface area contributed by atoms with E-state index in [0.717, 1.165) is 19.2 Å². The molecule has 96 valence electrons. The average Bonchev–Trinajstić information content (AvgIpc) is 2.21. The van der Waals surface area contributed by atoms with Crippen molar-refractivity contribution in [2.45, 2.75) is 20.4 Å². The van der Waals surface area contributed by atoms with Gasteiger partial charge in [0.25, 0.3) is 0 Å². The first-order valence-electron chi connectivity index (χ1n) is 5.89. The SMILES string of the molecule is CC(C)CN(CCN)Cc1ccc(F)cc1F. The zero-order chi connectivity index (χ0) is 12.8. The van der Waals surface area contributed by atoms with Crippen LogP contribution in [0.15, 0.2) is 18.2 Å². The molecule has 2 N–H and O–H groups in total. The van der Waals surface area contributed by atoms with Crippen molar-refractivity contribution in [2.24, 2.45) is 11.7 Å². The highest BCUT2D eigenvalue weighted by Gasteiger charge is 2.11. The van der Waals surface area contributed by atoms with Crippen LogP contribution in [0, 0.1) is 17.6 Å². The third-order valence-electron chi connectivity index (χ3n) is 2.48. The summed E-state index contributed by atoms with van der Waals surface area (Å²) < 4.78 is 26.3. The van der Waals surface area contributed by atoms with Crippen LogP contribution in [-0.4, -0.2) is 24.5 Å². The van der Waals surface area contributed by atoms with Gasteiger partial charge in [0.2, 0.25) is 0 Å². The molecule has 2 nitrogen and oxygen atoms in total. The Morgan fingerprint density at radius 2 is 2.00 bits per heavy atom. The molecule has 0 unspecified atom stereocenters. The van der Waals surface area contributed by atoms with Crippen LogP contribution in [0.4, 0.5) is 8.78 Å². The molecule has 0 amide bonds. The molecule has 0 radical (unpaired) electrons. The molecular weight excluding hydrogens is 222 g/mol. The highest BCUT2D eigenvalue weighted by molar-refractivity contribution is 5.18. The van der Waals surface area contributed by atoms with Crippen LogP contribution in [0.3, 0.4) is 0 Å². The highest BCUT2D eigenvalue weighted by atomic mass is 19.1. The van der Waals surface area contributed by atoms with E-state index in [-0.39, 0.29) is 0 Å². The van der Waals surface area contributed by atoms with E-state index in [9.17, 15) is 8.78 Å². The van der Waals surface area contributed by atoms with Gasteiger partial charge in [-0.2, -0.15) is 0 Å².